The molecule has 0 amide bonds. The standard InChI is InChI=1S/C15H29N3O/c1-6-7-17-15(5,11-19)10-13(4)18-9-8-16-14(18)12(2)3/h8-9,12-13,17,19H,6-7,10-11H2,1-5H3. The van der Waals surface area contributed by atoms with Gasteiger partial charge in [-0.3, -0.25) is 0 Å². The van der Waals surface area contributed by atoms with Crippen LogP contribution in [0.2, 0.25) is 0 Å². The molecule has 2 atom stereocenters. The van der Waals surface area contributed by atoms with Gasteiger partial charge in [-0.2, -0.15) is 0 Å². The maximum atomic E-state index is 9.65. The largest absolute Gasteiger partial charge is 0.394 e. The summed E-state index contributed by atoms with van der Waals surface area (Å²) in [6, 6.07) is 0.321. The summed E-state index contributed by atoms with van der Waals surface area (Å²) in [7, 11) is 0. The second-order valence-corrected chi connectivity index (χ2v) is 6.05. The summed E-state index contributed by atoms with van der Waals surface area (Å²) in [5, 5.41) is 13.1. The Kier molecular flexibility index (Phi) is 6.01. The van der Waals surface area contributed by atoms with Gasteiger partial charge in [0.15, 0.2) is 0 Å². The highest BCUT2D eigenvalue weighted by Crippen LogP contribution is 2.24. The van der Waals surface area contributed by atoms with Gasteiger partial charge in [-0.15, -0.1) is 0 Å². The lowest BCUT2D eigenvalue weighted by Gasteiger charge is -2.32. The van der Waals surface area contributed by atoms with E-state index < -0.39 is 0 Å². The second-order valence-electron chi connectivity index (χ2n) is 6.05. The van der Waals surface area contributed by atoms with Crippen molar-refractivity contribution in [3.05, 3.63) is 18.2 Å². The van der Waals surface area contributed by atoms with Crippen molar-refractivity contribution in [1.82, 2.24) is 14.9 Å². The minimum absolute atomic E-state index is 0.156. The molecule has 1 aromatic heterocycles. The van der Waals surface area contributed by atoms with Gasteiger partial charge in [-0.25, -0.2) is 4.98 Å². The van der Waals surface area contributed by atoms with E-state index in [0.29, 0.717) is 12.0 Å². The third-order valence-corrected chi connectivity index (χ3v) is 3.59. The Morgan fingerprint density at radius 2 is 2.11 bits per heavy atom. The molecule has 2 N–H and O–H groups in total. The van der Waals surface area contributed by atoms with Crippen molar-refractivity contribution < 1.29 is 5.11 Å². The van der Waals surface area contributed by atoms with Gasteiger partial charge in [0, 0.05) is 29.9 Å². The number of aliphatic hydroxyl groups is 1. The highest BCUT2D eigenvalue weighted by molar-refractivity contribution is 5.01. The summed E-state index contributed by atoms with van der Waals surface area (Å²) in [5.74, 6) is 1.53. The van der Waals surface area contributed by atoms with E-state index in [1.54, 1.807) is 0 Å². The highest BCUT2D eigenvalue weighted by atomic mass is 16.3. The van der Waals surface area contributed by atoms with Crippen LogP contribution in [0.5, 0.6) is 0 Å². The van der Waals surface area contributed by atoms with Gasteiger partial charge < -0.3 is 15.0 Å². The van der Waals surface area contributed by atoms with Crippen LogP contribution in [0.4, 0.5) is 0 Å². The van der Waals surface area contributed by atoms with Crippen molar-refractivity contribution in [3.8, 4) is 0 Å². The topological polar surface area (TPSA) is 50.1 Å². The molecule has 4 heteroatoms. The first-order chi connectivity index (χ1) is 8.93. The van der Waals surface area contributed by atoms with E-state index >= 15 is 0 Å². The zero-order valence-electron chi connectivity index (χ0n) is 13.0. The molecule has 2 unspecified atom stereocenters. The summed E-state index contributed by atoms with van der Waals surface area (Å²) in [5.41, 5.74) is -0.228. The van der Waals surface area contributed by atoms with Crippen LogP contribution < -0.4 is 5.32 Å². The smallest absolute Gasteiger partial charge is 0.111 e. The molecular weight excluding hydrogens is 238 g/mol. The Balaban J connectivity index is 2.76. The summed E-state index contributed by atoms with van der Waals surface area (Å²) in [4.78, 5) is 4.43. The summed E-state index contributed by atoms with van der Waals surface area (Å²) >= 11 is 0. The molecule has 1 aromatic rings. The number of hydrogen-bond donors (Lipinski definition) is 2. The summed E-state index contributed by atoms with van der Waals surface area (Å²) in [6.07, 6.45) is 5.87. The third-order valence-electron chi connectivity index (χ3n) is 3.59. The van der Waals surface area contributed by atoms with Gasteiger partial charge in [0.2, 0.25) is 0 Å². The molecule has 0 fully saturated rings. The van der Waals surface area contributed by atoms with E-state index in [1.807, 2.05) is 12.4 Å². The number of imidazole rings is 1. The summed E-state index contributed by atoms with van der Waals surface area (Å²) < 4.78 is 2.23. The normalized spacial score (nSPS) is 16.6. The van der Waals surface area contributed by atoms with E-state index in [4.69, 9.17) is 0 Å². The van der Waals surface area contributed by atoms with E-state index in [2.05, 4.69) is 49.5 Å². The molecule has 19 heavy (non-hydrogen) atoms. The molecule has 0 spiro atoms. The van der Waals surface area contributed by atoms with Crippen LogP contribution in [0, 0.1) is 0 Å². The van der Waals surface area contributed by atoms with Crippen molar-refractivity contribution in [1.29, 1.82) is 0 Å². The number of aliphatic hydroxyl groups excluding tert-OH is 1. The quantitative estimate of drug-likeness (QED) is 0.761. The Bertz CT molecular complexity index is 375. The zero-order chi connectivity index (χ0) is 14.5. The van der Waals surface area contributed by atoms with Crippen LogP contribution in [-0.4, -0.2) is 33.3 Å². The van der Waals surface area contributed by atoms with E-state index in [9.17, 15) is 5.11 Å². The fourth-order valence-corrected chi connectivity index (χ4v) is 2.51. The van der Waals surface area contributed by atoms with Gasteiger partial charge in [0.25, 0.3) is 0 Å². The molecule has 4 nitrogen and oxygen atoms in total. The van der Waals surface area contributed by atoms with Gasteiger partial charge >= 0.3 is 0 Å². The number of aromatic nitrogens is 2. The van der Waals surface area contributed by atoms with Gasteiger partial charge in [-0.1, -0.05) is 20.8 Å². The summed E-state index contributed by atoms with van der Waals surface area (Å²) in [6.45, 7) is 11.8. The van der Waals surface area contributed by atoms with E-state index in [-0.39, 0.29) is 12.1 Å². The van der Waals surface area contributed by atoms with E-state index in [0.717, 1.165) is 25.2 Å². The molecular formula is C15H29N3O. The van der Waals surface area contributed by atoms with Crippen LogP contribution >= 0.6 is 0 Å². The SMILES string of the molecule is CCCNC(C)(CO)CC(C)n1ccnc1C(C)C. The number of rotatable bonds is 8. The number of hydrogen-bond acceptors (Lipinski definition) is 3. The second kappa shape index (κ2) is 7.06. The van der Waals surface area contributed by atoms with Crippen molar-refractivity contribution in [3.63, 3.8) is 0 Å². The van der Waals surface area contributed by atoms with Gasteiger partial charge in [0.05, 0.1) is 6.61 Å². The first-order valence-electron chi connectivity index (χ1n) is 7.32. The minimum Gasteiger partial charge on any atom is -0.394 e. The van der Waals surface area contributed by atoms with Crippen molar-refractivity contribution in [2.75, 3.05) is 13.2 Å². The molecule has 1 heterocycles. The fourth-order valence-electron chi connectivity index (χ4n) is 2.51. The van der Waals surface area contributed by atoms with Crippen LogP contribution in [0.1, 0.15) is 65.2 Å². The monoisotopic (exact) mass is 267 g/mol. The molecule has 1 rings (SSSR count). The predicted molar refractivity (Wildman–Crippen MR) is 79.4 cm³/mol. The van der Waals surface area contributed by atoms with Crippen molar-refractivity contribution >= 4 is 0 Å². The maximum Gasteiger partial charge on any atom is 0.111 e. The van der Waals surface area contributed by atoms with Crippen LogP contribution in [0.3, 0.4) is 0 Å². The number of nitrogens with zero attached hydrogens (tertiary/aromatic N) is 2. The molecule has 0 aromatic carbocycles. The average molecular weight is 267 g/mol. The van der Waals surface area contributed by atoms with Crippen LogP contribution in [-0.2, 0) is 0 Å². The average Bonchev–Trinajstić information content (AvgIpc) is 2.85. The fraction of sp³-hybridized carbons (Fsp3) is 0.800. The molecule has 110 valence electrons. The molecule has 0 aliphatic heterocycles. The van der Waals surface area contributed by atoms with Gasteiger partial charge in [-0.05, 0) is 33.2 Å². The predicted octanol–water partition coefficient (Wildman–Crippen LogP) is 2.71. The zero-order valence-corrected chi connectivity index (χ0v) is 13.0. The Morgan fingerprint density at radius 1 is 1.42 bits per heavy atom. The molecule has 0 saturated heterocycles. The lowest BCUT2D eigenvalue weighted by atomic mass is 9.94. The molecule has 0 radical (unpaired) electrons. The molecule has 0 aliphatic carbocycles. The van der Waals surface area contributed by atoms with Crippen LogP contribution in [0.15, 0.2) is 12.4 Å². The number of nitrogens with one attached hydrogen (secondary N) is 1. The van der Waals surface area contributed by atoms with Crippen molar-refractivity contribution in [2.24, 2.45) is 0 Å². The van der Waals surface area contributed by atoms with Crippen LogP contribution in [0.25, 0.3) is 0 Å². The third kappa shape index (κ3) is 4.32. The minimum atomic E-state index is -0.228. The first-order valence-corrected chi connectivity index (χ1v) is 7.32. The molecule has 0 aliphatic rings. The lowest BCUT2D eigenvalue weighted by Crippen LogP contribution is -2.47. The lowest BCUT2D eigenvalue weighted by molar-refractivity contribution is 0.150. The highest BCUT2D eigenvalue weighted by Gasteiger charge is 2.26. The molecule has 0 saturated carbocycles. The van der Waals surface area contributed by atoms with Crippen molar-refractivity contribution in [2.45, 2.75) is 65.0 Å². The Morgan fingerprint density at radius 3 is 2.63 bits per heavy atom. The molecule has 0 bridgehead atoms. The maximum absolute atomic E-state index is 9.65. The van der Waals surface area contributed by atoms with Gasteiger partial charge in [0.1, 0.15) is 5.82 Å². The Labute approximate surface area is 117 Å². The Hall–Kier alpha value is -0.870. The van der Waals surface area contributed by atoms with E-state index in [1.165, 1.54) is 0 Å². The first kappa shape index (κ1) is 16.2.